The molecule has 2 saturated heterocycles. The van der Waals surface area contributed by atoms with Crippen LogP contribution in [0.1, 0.15) is 0 Å². The smallest absolute Gasteiger partial charge is 0.209 e. The molecule has 0 aromatic rings. The Labute approximate surface area is 72.4 Å². The predicted octanol–water partition coefficient (Wildman–Crippen LogP) is -0.147. The molecular weight excluding hydrogens is 158 g/mol. The number of hydrogen-bond donors (Lipinski definition) is 0. The summed E-state index contributed by atoms with van der Waals surface area (Å²) in [6, 6.07) is 0. The lowest BCUT2D eigenvalue weighted by atomic mass is 10.3. The van der Waals surface area contributed by atoms with E-state index in [9.17, 15) is 0 Å². The summed E-state index contributed by atoms with van der Waals surface area (Å²) in [7, 11) is 0. The number of nitrogens with zero attached hydrogens (tertiary/aromatic N) is 1. The van der Waals surface area contributed by atoms with Crippen LogP contribution in [0.2, 0.25) is 0 Å². The van der Waals surface area contributed by atoms with Crippen molar-refractivity contribution < 1.29 is 14.2 Å². The third-order valence-electron chi connectivity index (χ3n) is 2.16. The van der Waals surface area contributed by atoms with E-state index in [1.54, 1.807) is 0 Å². The van der Waals surface area contributed by atoms with Crippen molar-refractivity contribution in [3.8, 4) is 0 Å². The maximum atomic E-state index is 5.24. The molecule has 2 aliphatic rings. The van der Waals surface area contributed by atoms with E-state index in [2.05, 4.69) is 4.90 Å². The maximum absolute atomic E-state index is 5.24. The Balaban J connectivity index is 1.69. The second-order valence-electron chi connectivity index (χ2n) is 3.10. The zero-order valence-corrected chi connectivity index (χ0v) is 7.07. The van der Waals surface area contributed by atoms with E-state index in [0.29, 0.717) is 6.61 Å². The summed E-state index contributed by atoms with van der Waals surface area (Å²) in [6.07, 6.45) is 0.225. The summed E-state index contributed by atoms with van der Waals surface area (Å²) in [5.41, 5.74) is 0. The van der Waals surface area contributed by atoms with Crippen LogP contribution >= 0.6 is 0 Å². The van der Waals surface area contributed by atoms with Crippen LogP contribution in [-0.2, 0) is 14.2 Å². The first-order valence-corrected chi connectivity index (χ1v) is 4.34. The lowest BCUT2D eigenvalue weighted by Gasteiger charge is -2.27. The van der Waals surface area contributed by atoms with Crippen molar-refractivity contribution in [2.75, 3.05) is 39.5 Å². The molecule has 1 atom stereocenters. The zero-order valence-electron chi connectivity index (χ0n) is 7.07. The van der Waals surface area contributed by atoms with E-state index in [4.69, 9.17) is 14.2 Å². The minimum atomic E-state index is 0.225. The highest BCUT2D eigenvalue weighted by atomic mass is 16.7. The van der Waals surface area contributed by atoms with Crippen molar-refractivity contribution in [2.24, 2.45) is 0 Å². The van der Waals surface area contributed by atoms with Crippen LogP contribution in [0.4, 0.5) is 0 Å². The molecule has 2 aliphatic heterocycles. The first-order chi connectivity index (χ1) is 5.95. The second-order valence-corrected chi connectivity index (χ2v) is 3.10. The standard InChI is InChI=1S/C8H14NO3/c1-3-10-4-2-9(1)5-8-6-11-7-12-8/h7-8H,1-6H2. The monoisotopic (exact) mass is 172 g/mol. The Hall–Kier alpha value is -0.160. The minimum absolute atomic E-state index is 0.225. The fourth-order valence-corrected chi connectivity index (χ4v) is 1.47. The fourth-order valence-electron chi connectivity index (χ4n) is 1.47. The molecule has 69 valence electrons. The van der Waals surface area contributed by atoms with Gasteiger partial charge >= 0.3 is 0 Å². The molecule has 2 rings (SSSR count). The Morgan fingerprint density at radius 3 is 2.83 bits per heavy atom. The van der Waals surface area contributed by atoms with Crippen LogP contribution in [0.5, 0.6) is 0 Å². The molecular formula is C8H14NO3. The molecule has 1 radical (unpaired) electrons. The number of ether oxygens (including phenoxy) is 3. The quantitative estimate of drug-likeness (QED) is 0.580. The van der Waals surface area contributed by atoms with Gasteiger partial charge in [0.1, 0.15) is 0 Å². The predicted molar refractivity (Wildman–Crippen MR) is 42.4 cm³/mol. The van der Waals surface area contributed by atoms with Gasteiger partial charge in [0.05, 0.1) is 25.9 Å². The van der Waals surface area contributed by atoms with Crippen molar-refractivity contribution in [1.82, 2.24) is 4.90 Å². The average Bonchev–Trinajstić information content (AvgIpc) is 2.59. The van der Waals surface area contributed by atoms with E-state index in [-0.39, 0.29) is 6.10 Å². The van der Waals surface area contributed by atoms with Gasteiger partial charge in [0.2, 0.25) is 6.79 Å². The molecule has 4 nitrogen and oxygen atoms in total. The highest BCUT2D eigenvalue weighted by Crippen LogP contribution is 2.09. The van der Waals surface area contributed by atoms with Crippen molar-refractivity contribution >= 4 is 0 Å². The van der Waals surface area contributed by atoms with Crippen LogP contribution in [-0.4, -0.2) is 50.5 Å². The Morgan fingerprint density at radius 1 is 1.33 bits per heavy atom. The molecule has 0 aromatic carbocycles. The van der Waals surface area contributed by atoms with Gasteiger partial charge < -0.3 is 14.2 Å². The zero-order chi connectivity index (χ0) is 8.23. The van der Waals surface area contributed by atoms with E-state index in [0.717, 1.165) is 32.8 Å². The number of hydrogen-bond acceptors (Lipinski definition) is 4. The van der Waals surface area contributed by atoms with Crippen LogP contribution in [0.3, 0.4) is 0 Å². The molecule has 0 aromatic heterocycles. The molecule has 12 heavy (non-hydrogen) atoms. The SMILES string of the molecule is [CH]1OCC(CN2CCOCC2)O1. The number of morpholine rings is 1. The van der Waals surface area contributed by atoms with Gasteiger partial charge in [0, 0.05) is 19.6 Å². The third-order valence-corrected chi connectivity index (χ3v) is 2.16. The van der Waals surface area contributed by atoms with Gasteiger partial charge in [-0.05, 0) is 0 Å². The van der Waals surface area contributed by atoms with Gasteiger partial charge in [0.25, 0.3) is 0 Å². The van der Waals surface area contributed by atoms with Crippen LogP contribution in [0.25, 0.3) is 0 Å². The topological polar surface area (TPSA) is 30.9 Å². The van der Waals surface area contributed by atoms with E-state index in [1.807, 2.05) is 0 Å². The van der Waals surface area contributed by atoms with Gasteiger partial charge in [0.15, 0.2) is 0 Å². The molecule has 1 unspecified atom stereocenters. The lowest BCUT2D eigenvalue weighted by Crippen LogP contribution is -2.41. The van der Waals surface area contributed by atoms with Crippen molar-refractivity contribution in [3.05, 3.63) is 6.79 Å². The average molecular weight is 172 g/mol. The summed E-state index contributed by atoms with van der Waals surface area (Å²) in [6.45, 7) is 6.80. The first-order valence-electron chi connectivity index (χ1n) is 4.34. The lowest BCUT2D eigenvalue weighted by molar-refractivity contribution is 0.0156. The normalized spacial score (nSPS) is 32.5. The molecule has 2 fully saturated rings. The first kappa shape index (κ1) is 8.44. The van der Waals surface area contributed by atoms with Crippen molar-refractivity contribution in [3.63, 3.8) is 0 Å². The van der Waals surface area contributed by atoms with E-state index < -0.39 is 0 Å². The molecule has 0 amide bonds. The van der Waals surface area contributed by atoms with E-state index in [1.165, 1.54) is 6.79 Å². The van der Waals surface area contributed by atoms with Crippen molar-refractivity contribution in [1.29, 1.82) is 0 Å². The summed E-state index contributed by atoms with van der Waals surface area (Å²) < 4.78 is 15.5. The van der Waals surface area contributed by atoms with Crippen LogP contribution < -0.4 is 0 Å². The van der Waals surface area contributed by atoms with Gasteiger partial charge in [-0.3, -0.25) is 4.90 Å². The summed E-state index contributed by atoms with van der Waals surface area (Å²) in [4.78, 5) is 2.34. The molecule has 0 bridgehead atoms. The maximum Gasteiger partial charge on any atom is 0.209 e. The summed E-state index contributed by atoms with van der Waals surface area (Å²) >= 11 is 0. The van der Waals surface area contributed by atoms with Crippen LogP contribution in [0, 0.1) is 6.79 Å². The Kier molecular flexibility index (Phi) is 2.94. The summed E-state index contributed by atoms with van der Waals surface area (Å²) in [5.74, 6) is 0. The summed E-state index contributed by atoms with van der Waals surface area (Å²) in [5, 5.41) is 0. The Bertz CT molecular complexity index is 130. The number of rotatable bonds is 2. The molecule has 0 spiro atoms. The van der Waals surface area contributed by atoms with E-state index >= 15 is 0 Å². The molecule has 0 saturated carbocycles. The highest BCUT2D eigenvalue weighted by Gasteiger charge is 2.21. The largest absolute Gasteiger partial charge is 0.379 e. The fraction of sp³-hybridized carbons (Fsp3) is 0.875. The van der Waals surface area contributed by atoms with Crippen LogP contribution in [0.15, 0.2) is 0 Å². The molecule has 0 N–H and O–H groups in total. The van der Waals surface area contributed by atoms with Gasteiger partial charge in [-0.25, -0.2) is 0 Å². The molecule has 2 heterocycles. The highest BCUT2D eigenvalue weighted by molar-refractivity contribution is 4.71. The van der Waals surface area contributed by atoms with Gasteiger partial charge in [-0.1, -0.05) is 0 Å². The molecule has 4 heteroatoms. The third kappa shape index (κ3) is 2.17. The van der Waals surface area contributed by atoms with Crippen molar-refractivity contribution in [2.45, 2.75) is 6.10 Å². The Morgan fingerprint density at radius 2 is 2.17 bits per heavy atom. The minimum Gasteiger partial charge on any atom is -0.379 e. The van der Waals surface area contributed by atoms with Gasteiger partial charge in [-0.2, -0.15) is 0 Å². The second kappa shape index (κ2) is 4.18. The molecule has 0 aliphatic carbocycles. The van der Waals surface area contributed by atoms with Gasteiger partial charge in [-0.15, -0.1) is 0 Å².